The number of hydrogen-bond donors (Lipinski definition) is 1. The Balaban J connectivity index is 2.18. The Kier molecular flexibility index (Phi) is 6.93. The first-order valence-electron chi connectivity index (χ1n) is 8.99. The molecule has 0 bridgehead atoms. The summed E-state index contributed by atoms with van der Waals surface area (Å²) in [6.07, 6.45) is 0. The van der Waals surface area contributed by atoms with Gasteiger partial charge in [0.25, 0.3) is 0 Å². The fraction of sp³-hybridized carbons (Fsp3) is 0.238. The van der Waals surface area contributed by atoms with Crippen molar-refractivity contribution in [2.45, 2.75) is 13.0 Å². The first-order valence-corrected chi connectivity index (χ1v) is 10.2. The smallest absolute Gasteiger partial charge is 0.337 e. The number of hydrogen-bond acceptors (Lipinski definition) is 5. The summed E-state index contributed by atoms with van der Waals surface area (Å²) in [5, 5.41) is 3.65. The third-order valence-electron chi connectivity index (χ3n) is 4.84. The topological polar surface area (TPSA) is 60.0 Å². The number of halogens is 3. The SMILES string of the molecule is COC(=O)C1=C(C)N(c2ccc(F)c(Cl)c2)C(=S)NC1c1cc(Cl)c(OC)c(OC)c1. The van der Waals surface area contributed by atoms with Crippen LogP contribution in [-0.2, 0) is 9.53 Å². The molecule has 2 aromatic carbocycles. The number of anilines is 1. The average Bonchev–Trinajstić information content (AvgIpc) is 2.74. The van der Waals surface area contributed by atoms with Gasteiger partial charge in [0.15, 0.2) is 16.6 Å². The van der Waals surface area contributed by atoms with E-state index in [1.54, 1.807) is 24.0 Å². The van der Waals surface area contributed by atoms with E-state index in [-0.39, 0.29) is 10.1 Å². The van der Waals surface area contributed by atoms with Crippen LogP contribution < -0.4 is 19.7 Å². The number of carbonyl (C=O) groups excluding carboxylic acids is 1. The number of methoxy groups -OCH3 is 3. The van der Waals surface area contributed by atoms with E-state index in [0.717, 1.165) is 0 Å². The number of thiocarbonyl (C=S) groups is 1. The fourth-order valence-electron chi connectivity index (χ4n) is 3.41. The summed E-state index contributed by atoms with van der Waals surface area (Å²) < 4.78 is 29.3. The zero-order chi connectivity index (χ0) is 22.9. The minimum atomic E-state index is -0.676. The lowest BCUT2D eigenvalue weighted by molar-refractivity contribution is -0.136. The van der Waals surface area contributed by atoms with E-state index in [9.17, 15) is 9.18 Å². The van der Waals surface area contributed by atoms with Crippen LogP contribution in [0.5, 0.6) is 11.5 Å². The second-order valence-corrected chi connectivity index (χ2v) is 7.75. The van der Waals surface area contributed by atoms with Crippen molar-refractivity contribution in [3.63, 3.8) is 0 Å². The molecular weight excluding hydrogens is 466 g/mol. The fourth-order valence-corrected chi connectivity index (χ4v) is 4.24. The van der Waals surface area contributed by atoms with E-state index in [2.05, 4.69) is 5.32 Å². The van der Waals surface area contributed by atoms with Crippen molar-refractivity contribution in [3.8, 4) is 11.5 Å². The Morgan fingerprint density at radius 3 is 2.42 bits per heavy atom. The van der Waals surface area contributed by atoms with Gasteiger partial charge in [-0.1, -0.05) is 23.2 Å². The second kappa shape index (κ2) is 9.30. The lowest BCUT2D eigenvalue weighted by Crippen LogP contribution is -2.48. The zero-order valence-electron chi connectivity index (χ0n) is 17.1. The Labute approximate surface area is 194 Å². The second-order valence-electron chi connectivity index (χ2n) is 6.55. The molecule has 10 heteroatoms. The van der Waals surface area contributed by atoms with Crippen LogP contribution in [0.25, 0.3) is 0 Å². The Morgan fingerprint density at radius 2 is 1.84 bits per heavy atom. The molecule has 3 rings (SSSR count). The normalized spacial score (nSPS) is 16.2. The molecule has 0 saturated heterocycles. The number of benzene rings is 2. The van der Waals surface area contributed by atoms with Crippen LogP contribution in [0.15, 0.2) is 41.6 Å². The van der Waals surface area contributed by atoms with Crippen LogP contribution in [0, 0.1) is 5.82 Å². The largest absolute Gasteiger partial charge is 0.493 e. The molecule has 0 fully saturated rings. The molecule has 1 aliphatic rings. The van der Waals surface area contributed by atoms with Crippen molar-refractivity contribution in [2.24, 2.45) is 0 Å². The summed E-state index contributed by atoms with van der Waals surface area (Å²) >= 11 is 17.9. The highest BCUT2D eigenvalue weighted by Gasteiger charge is 2.36. The minimum Gasteiger partial charge on any atom is -0.493 e. The molecule has 6 nitrogen and oxygen atoms in total. The van der Waals surface area contributed by atoms with E-state index in [4.69, 9.17) is 49.6 Å². The van der Waals surface area contributed by atoms with Crippen LogP contribution in [0.1, 0.15) is 18.5 Å². The zero-order valence-corrected chi connectivity index (χ0v) is 19.4. The van der Waals surface area contributed by atoms with Gasteiger partial charge in [-0.3, -0.25) is 4.90 Å². The number of nitrogens with zero attached hydrogens (tertiary/aromatic N) is 1. The molecule has 1 unspecified atom stereocenters. The third kappa shape index (κ3) is 4.28. The number of nitrogens with one attached hydrogen (secondary N) is 1. The first kappa shape index (κ1) is 23.1. The van der Waals surface area contributed by atoms with Crippen LogP contribution >= 0.6 is 35.4 Å². The summed E-state index contributed by atoms with van der Waals surface area (Å²) in [5.74, 6) is -0.364. The molecule has 0 aromatic heterocycles. The van der Waals surface area contributed by atoms with Gasteiger partial charge in [0, 0.05) is 11.4 Å². The highest BCUT2D eigenvalue weighted by atomic mass is 35.5. The predicted molar refractivity (Wildman–Crippen MR) is 122 cm³/mol. The summed E-state index contributed by atoms with van der Waals surface area (Å²) in [4.78, 5) is 14.4. The number of carbonyl (C=O) groups is 1. The van der Waals surface area contributed by atoms with Crippen molar-refractivity contribution < 1.29 is 23.4 Å². The lowest BCUT2D eigenvalue weighted by Gasteiger charge is -2.37. The van der Waals surface area contributed by atoms with Gasteiger partial charge in [0.2, 0.25) is 0 Å². The quantitative estimate of drug-likeness (QED) is 0.471. The number of allylic oxidation sites excluding steroid dienone is 1. The lowest BCUT2D eigenvalue weighted by atomic mass is 9.94. The number of esters is 1. The molecular formula is C21H19Cl2FN2O4S. The van der Waals surface area contributed by atoms with Gasteiger partial charge in [-0.05, 0) is 55.0 Å². The molecule has 164 valence electrons. The molecule has 1 atom stereocenters. The van der Waals surface area contributed by atoms with Gasteiger partial charge >= 0.3 is 5.97 Å². The maximum absolute atomic E-state index is 13.7. The van der Waals surface area contributed by atoms with E-state index in [0.29, 0.717) is 39.0 Å². The summed E-state index contributed by atoms with van der Waals surface area (Å²) in [6.45, 7) is 1.71. The maximum atomic E-state index is 13.7. The van der Waals surface area contributed by atoms with Gasteiger partial charge in [-0.2, -0.15) is 0 Å². The molecule has 1 N–H and O–H groups in total. The van der Waals surface area contributed by atoms with E-state index in [1.807, 2.05) is 0 Å². The van der Waals surface area contributed by atoms with Crippen LogP contribution in [-0.4, -0.2) is 32.4 Å². The van der Waals surface area contributed by atoms with E-state index < -0.39 is 17.8 Å². The van der Waals surface area contributed by atoms with Crippen molar-refractivity contribution in [2.75, 3.05) is 26.2 Å². The highest BCUT2D eigenvalue weighted by molar-refractivity contribution is 7.80. The summed E-state index contributed by atoms with van der Waals surface area (Å²) in [7, 11) is 4.25. The Bertz CT molecular complexity index is 1090. The predicted octanol–water partition coefficient (Wildman–Crippen LogP) is 5.03. The third-order valence-corrected chi connectivity index (χ3v) is 5.71. The molecule has 0 spiro atoms. The van der Waals surface area contributed by atoms with Crippen LogP contribution in [0.4, 0.5) is 10.1 Å². The van der Waals surface area contributed by atoms with Gasteiger partial charge < -0.3 is 19.5 Å². The maximum Gasteiger partial charge on any atom is 0.337 e. The van der Waals surface area contributed by atoms with Crippen molar-refractivity contribution in [1.29, 1.82) is 0 Å². The van der Waals surface area contributed by atoms with E-state index >= 15 is 0 Å². The molecule has 1 heterocycles. The first-order chi connectivity index (χ1) is 14.7. The molecule has 0 radical (unpaired) electrons. The molecule has 2 aromatic rings. The molecule has 0 saturated carbocycles. The van der Waals surface area contributed by atoms with Crippen molar-refractivity contribution in [1.82, 2.24) is 5.32 Å². The molecule has 31 heavy (non-hydrogen) atoms. The van der Waals surface area contributed by atoms with Gasteiger partial charge in [0.1, 0.15) is 5.82 Å². The van der Waals surface area contributed by atoms with E-state index in [1.165, 1.54) is 39.5 Å². The number of ether oxygens (including phenoxy) is 3. The van der Waals surface area contributed by atoms with Gasteiger partial charge in [-0.15, -0.1) is 0 Å². The summed E-state index contributed by atoms with van der Waals surface area (Å²) in [5.41, 5.74) is 1.89. The molecule has 0 aliphatic carbocycles. The van der Waals surface area contributed by atoms with Crippen molar-refractivity contribution in [3.05, 3.63) is 63.0 Å². The standard InChI is InChI=1S/C21H19Cl2FN2O4S/c1-10-17(20(27)30-4)18(11-7-14(23)19(29-3)16(8-11)28-2)25-21(31)26(10)12-5-6-15(24)13(22)9-12/h5-9,18H,1-4H3,(H,25,31). The molecule has 0 amide bonds. The average molecular weight is 485 g/mol. The number of rotatable bonds is 5. The van der Waals surface area contributed by atoms with Crippen LogP contribution in [0.3, 0.4) is 0 Å². The Hall–Kier alpha value is -2.55. The highest BCUT2D eigenvalue weighted by Crippen LogP contribution is 2.41. The molecule has 1 aliphatic heterocycles. The Morgan fingerprint density at radius 1 is 1.13 bits per heavy atom. The minimum absolute atomic E-state index is 0.0680. The van der Waals surface area contributed by atoms with Crippen molar-refractivity contribution >= 4 is 52.2 Å². The van der Waals surface area contributed by atoms with Gasteiger partial charge in [-0.25, -0.2) is 9.18 Å². The summed E-state index contributed by atoms with van der Waals surface area (Å²) in [6, 6.07) is 6.85. The van der Waals surface area contributed by atoms with Crippen LogP contribution in [0.2, 0.25) is 10.0 Å². The van der Waals surface area contributed by atoms with Gasteiger partial charge in [0.05, 0.1) is 43.0 Å². The monoisotopic (exact) mass is 484 g/mol.